The lowest BCUT2D eigenvalue weighted by molar-refractivity contribution is -0.109. The first kappa shape index (κ1) is 18.4. The summed E-state index contributed by atoms with van der Waals surface area (Å²) in [6.07, 6.45) is 6.92. The Kier molecular flexibility index (Phi) is 5.04. The van der Waals surface area contributed by atoms with Crippen molar-refractivity contribution < 1.29 is 14.7 Å². The highest BCUT2D eigenvalue weighted by Gasteiger charge is 2.18. The average molecular weight is 378 g/mol. The van der Waals surface area contributed by atoms with Crippen LogP contribution >= 0.6 is 0 Å². The summed E-state index contributed by atoms with van der Waals surface area (Å²) >= 11 is 0. The standard InChI is InChI=1S/C26H18O3/c27-25-16-12-20-17-21(26(28)29)11-13-23(20)24(25)15-14-22(18-7-3-1-4-8-18)19-9-5-2-6-10-19/h1-17H,(H,28,29)/b24-15-. The molecule has 0 saturated heterocycles. The zero-order valence-electron chi connectivity index (χ0n) is 15.6. The van der Waals surface area contributed by atoms with Crippen LogP contribution in [0.4, 0.5) is 0 Å². The Hall–Kier alpha value is -3.98. The smallest absolute Gasteiger partial charge is 0.335 e. The van der Waals surface area contributed by atoms with Crippen LogP contribution in [0.25, 0.3) is 17.2 Å². The van der Waals surface area contributed by atoms with Crippen LogP contribution < -0.4 is 0 Å². The third-order valence-corrected chi connectivity index (χ3v) is 4.85. The first-order valence-electron chi connectivity index (χ1n) is 9.26. The third kappa shape index (κ3) is 3.85. The molecule has 29 heavy (non-hydrogen) atoms. The van der Waals surface area contributed by atoms with Crippen molar-refractivity contribution in [1.82, 2.24) is 0 Å². The molecule has 0 fully saturated rings. The molecule has 3 heteroatoms. The summed E-state index contributed by atoms with van der Waals surface area (Å²) in [5.74, 6) is -1.09. The van der Waals surface area contributed by atoms with E-state index in [1.165, 1.54) is 12.1 Å². The molecule has 0 aromatic heterocycles. The van der Waals surface area contributed by atoms with Crippen molar-refractivity contribution in [2.45, 2.75) is 0 Å². The van der Waals surface area contributed by atoms with Crippen LogP contribution in [-0.4, -0.2) is 16.9 Å². The van der Waals surface area contributed by atoms with Crippen molar-refractivity contribution in [3.8, 4) is 0 Å². The molecule has 0 heterocycles. The highest BCUT2D eigenvalue weighted by atomic mass is 16.4. The highest BCUT2D eigenvalue weighted by Crippen LogP contribution is 2.29. The van der Waals surface area contributed by atoms with Gasteiger partial charge in [-0.15, -0.1) is 0 Å². The summed E-state index contributed by atoms with van der Waals surface area (Å²) < 4.78 is 0. The molecular formula is C26H18O3. The van der Waals surface area contributed by atoms with Gasteiger partial charge in [0, 0.05) is 5.57 Å². The minimum Gasteiger partial charge on any atom is -0.478 e. The minimum atomic E-state index is -0.987. The molecular weight excluding hydrogens is 360 g/mol. The van der Waals surface area contributed by atoms with Gasteiger partial charge < -0.3 is 5.11 Å². The van der Waals surface area contributed by atoms with Crippen LogP contribution in [0.2, 0.25) is 0 Å². The number of allylic oxidation sites excluding steroid dienone is 4. The number of carbonyl (C=O) groups is 2. The Labute approximate surface area is 169 Å². The van der Waals surface area contributed by atoms with Gasteiger partial charge in [0.1, 0.15) is 0 Å². The van der Waals surface area contributed by atoms with E-state index in [0.717, 1.165) is 27.8 Å². The van der Waals surface area contributed by atoms with Crippen LogP contribution in [0, 0.1) is 0 Å². The molecule has 0 aliphatic heterocycles. The lowest BCUT2D eigenvalue weighted by Crippen LogP contribution is -2.06. The van der Waals surface area contributed by atoms with Gasteiger partial charge in [-0.25, -0.2) is 4.79 Å². The Morgan fingerprint density at radius 3 is 1.97 bits per heavy atom. The van der Waals surface area contributed by atoms with Gasteiger partial charge >= 0.3 is 5.97 Å². The van der Waals surface area contributed by atoms with Gasteiger partial charge in [-0.05, 0) is 52.1 Å². The van der Waals surface area contributed by atoms with Gasteiger partial charge in [-0.2, -0.15) is 0 Å². The van der Waals surface area contributed by atoms with Crippen molar-refractivity contribution in [3.63, 3.8) is 0 Å². The van der Waals surface area contributed by atoms with Crippen LogP contribution in [0.5, 0.6) is 0 Å². The number of carboxylic acids is 1. The first-order chi connectivity index (χ1) is 14.1. The molecule has 1 aliphatic rings. The number of rotatable bonds is 4. The second-order valence-electron chi connectivity index (χ2n) is 6.70. The van der Waals surface area contributed by atoms with Gasteiger partial charge in [0.05, 0.1) is 5.56 Å². The lowest BCUT2D eigenvalue weighted by Gasteiger charge is -2.14. The molecule has 0 spiro atoms. The Morgan fingerprint density at radius 1 is 0.759 bits per heavy atom. The number of carbonyl (C=O) groups excluding carboxylic acids is 1. The van der Waals surface area contributed by atoms with Crippen LogP contribution in [-0.2, 0) is 4.79 Å². The number of fused-ring (bicyclic) bond motifs is 1. The van der Waals surface area contributed by atoms with E-state index in [2.05, 4.69) is 0 Å². The van der Waals surface area contributed by atoms with Crippen LogP contribution in [0.1, 0.15) is 32.6 Å². The minimum absolute atomic E-state index is 0.0997. The van der Waals surface area contributed by atoms with E-state index in [1.807, 2.05) is 72.8 Å². The van der Waals surface area contributed by atoms with Crippen molar-refractivity contribution >= 4 is 29.0 Å². The summed E-state index contributed by atoms with van der Waals surface area (Å²) in [7, 11) is 0. The van der Waals surface area contributed by atoms with Gasteiger partial charge in [-0.3, -0.25) is 4.79 Å². The van der Waals surface area contributed by atoms with Gasteiger partial charge in [-0.1, -0.05) is 78.9 Å². The predicted molar refractivity (Wildman–Crippen MR) is 115 cm³/mol. The van der Waals surface area contributed by atoms with Crippen LogP contribution in [0.15, 0.2) is 97.1 Å². The first-order valence-corrected chi connectivity index (χ1v) is 9.26. The summed E-state index contributed by atoms with van der Waals surface area (Å²) in [6, 6.07) is 24.8. The van der Waals surface area contributed by atoms with E-state index in [0.29, 0.717) is 5.57 Å². The molecule has 3 nitrogen and oxygen atoms in total. The summed E-state index contributed by atoms with van der Waals surface area (Å²) in [5, 5.41) is 9.22. The van der Waals surface area contributed by atoms with Gasteiger partial charge in [0.25, 0.3) is 0 Å². The maximum Gasteiger partial charge on any atom is 0.335 e. The second-order valence-corrected chi connectivity index (χ2v) is 6.70. The molecule has 3 aromatic carbocycles. The number of hydrogen-bond donors (Lipinski definition) is 1. The molecule has 1 N–H and O–H groups in total. The van der Waals surface area contributed by atoms with E-state index >= 15 is 0 Å². The van der Waals surface area contributed by atoms with E-state index in [9.17, 15) is 14.7 Å². The zero-order chi connectivity index (χ0) is 20.2. The Bertz CT molecular complexity index is 1130. The highest BCUT2D eigenvalue weighted by molar-refractivity contribution is 6.30. The molecule has 0 radical (unpaired) electrons. The van der Waals surface area contributed by atoms with Crippen molar-refractivity contribution in [2.75, 3.05) is 0 Å². The molecule has 0 bridgehead atoms. The number of ketones is 1. The summed E-state index contributed by atoms with van der Waals surface area (Å²) in [6.45, 7) is 0. The Balaban J connectivity index is 1.83. The molecule has 0 saturated carbocycles. The largest absolute Gasteiger partial charge is 0.478 e. The zero-order valence-corrected chi connectivity index (χ0v) is 15.6. The fourth-order valence-electron chi connectivity index (χ4n) is 3.40. The molecule has 0 unspecified atom stereocenters. The van der Waals surface area contributed by atoms with Crippen LogP contribution in [0.3, 0.4) is 0 Å². The van der Waals surface area contributed by atoms with E-state index in [4.69, 9.17) is 0 Å². The molecule has 3 aromatic rings. The number of hydrogen-bond acceptors (Lipinski definition) is 2. The summed E-state index contributed by atoms with van der Waals surface area (Å²) in [5.41, 5.74) is 5.32. The fourth-order valence-corrected chi connectivity index (χ4v) is 3.40. The SMILES string of the molecule is O=C1C=Cc2cc(C(=O)O)ccc2/C1=C/C=C(c1ccccc1)c1ccccc1. The van der Waals surface area contributed by atoms with Crippen molar-refractivity contribution in [1.29, 1.82) is 0 Å². The molecule has 1 aliphatic carbocycles. The maximum absolute atomic E-state index is 12.6. The second kappa shape index (κ2) is 7.95. The topological polar surface area (TPSA) is 54.4 Å². The Morgan fingerprint density at radius 2 is 1.38 bits per heavy atom. The molecule has 140 valence electrons. The van der Waals surface area contributed by atoms with Gasteiger partial charge in [0.2, 0.25) is 0 Å². The molecule has 0 amide bonds. The molecule has 0 atom stereocenters. The maximum atomic E-state index is 12.6. The number of aromatic carboxylic acids is 1. The van der Waals surface area contributed by atoms with E-state index in [1.54, 1.807) is 18.2 Å². The van der Waals surface area contributed by atoms with E-state index in [-0.39, 0.29) is 11.3 Å². The number of carboxylic acid groups (broad SMARTS) is 1. The predicted octanol–water partition coefficient (Wildman–Crippen LogP) is 5.50. The summed E-state index contributed by atoms with van der Waals surface area (Å²) in [4.78, 5) is 23.8. The number of benzene rings is 3. The molecule has 4 rings (SSSR count). The monoisotopic (exact) mass is 378 g/mol. The van der Waals surface area contributed by atoms with E-state index < -0.39 is 5.97 Å². The van der Waals surface area contributed by atoms with Crippen molar-refractivity contribution in [3.05, 3.63) is 125 Å². The fraction of sp³-hybridized carbons (Fsp3) is 0. The average Bonchev–Trinajstić information content (AvgIpc) is 2.76. The lowest BCUT2D eigenvalue weighted by atomic mass is 9.89. The third-order valence-electron chi connectivity index (χ3n) is 4.85. The normalized spacial score (nSPS) is 13.8. The van der Waals surface area contributed by atoms with Crippen molar-refractivity contribution in [2.24, 2.45) is 0 Å². The quantitative estimate of drug-likeness (QED) is 0.610. The van der Waals surface area contributed by atoms with Gasteiger partial charge in [0.15, 0.2) is 5.78 Å².